The van der Waals surface area contributed by atoms with E-state index < -0.39 is 62.7 Å². The monoisotopic (exact) mass is 686 g/mol. The molecule has 0 aliphatic carbocycles. The van der Waals surface area contributed by atoms with Crippen LogP contribution in [-0.4, -0.2) is 75.9 Å². The van der Waals surface area contributed by atoms with E-state index in [4.69, 9.17) is 28.4 Å². The number of hydrogen-bond acceptors (Lipinski definition) is 10. The van der Waals surface area contributed by atoms with Crippen molar-refractivity contribution in [1.29, 1.82) is 0 Å². The third-order valence-corrected chi connectivity index (χ3v) is 12.0. The van der Waals surface area contributed by atoms with Gasteiger partial charge in [0.2, 0.25) is 0 Å². The quantitative estimate of drug-likeness (QED) is 0.0382. The molecule has 0 bridgehead atoms. The maximum atomic E-state index is 12.0. The SMILES string of the molecule is CCCCCCCCCCCCCCCCCC[Si](C)(C)CCOC1OC(COC(C)=O)C(OC(C)=O)C(OC(C)=O)C1OC(C)=O. The molecule has 0 amide bonds. The van der Waals surface area contributed by atoms with Crippen molar-refractivity contribution in [3.8, 4) is 0 Å². The van der Waals surface area contributed by atoms with E-state index in [2.05, 4.69) is 20.0 Å². The number of carbonyl (C=O) groups is 4. The average Bonchev–Trinajstić information content (AvgIpc) is 2.98. The highest BCUT2D eigenvalue weighted by Crippen LogP contribution is 2.31. The van der Waals surface area contributed by atoms with E-state index in [0.717, 1.165) is 6.04 Å². The molecule has 5 unspecified atom stereocenters. The summed E-state index contributed by atoms with van der Waals surface area (Å²) in [4.78, 5) is 47.5. The van der Waals surface area contributed by atoms with Crippen molar-refractivity contribution in [3.05, 3.63) is 0 Å². The molecular formula is C36H66O10Si. The summed E-state index contributed by atoms with van der Waals surface area (Å²) in [5.74, 6) is -2.52. The van der Waals surface area contributed by atoms with Crippen LogP contribution in [0.2, 0.25) is 25.2 Å². The van der Waals surface area contributed by atoms with Gasteiger partial charge < -0.3 is 28.4 Å². The van der Waals surface area contributed by atoms with Crippen molar-refractivity contribution in [2.45, 2.75) is 193 Å². The molecule has 0 aromatic rings. The minimum absolute atomic E-state index is 0.267. The Hall–Kier alpha value is -1.98. The molecule has 1 fully saturated rings. The first-order chi connectivity index (χ1) is 22.4. The molecule has 274 valence electrons. The van der Waals surface area contributed by atoms with Crippen LogP contribution in [0.4, 0.5) is 0 Å². The number of unbranched alkanes of at least 4 members (excludes halogenated alkanes) is 15. The Bertz CT molecular complexity index is 895. The number of hydrogen-bond donors (Lipinski definition) is 0. The topological polar surface area (TPSA) is 124 Å². The van der Waals surface area contributed by atoms with Gasteiger partial charge in [-0.2, -0.15) is 0 Å². The van der Waals surface area contributed by atoms with Crippen LogP contribution in [0.1, 0.15) is 137 Å². The predicted molar refractivity (Wildman–Crippen MR) is 185 cm³/mol. The molecule has 0 radical (unpaired) electrons. The van der Waals surface area contributed by atoms with Gasteiger partial charge in [0.1, 0.15) is 12.7 Å². The molecule has 1 heterocycles. The van der Waals surface area contributed by atoms with E-state index in [1.807, 2.05) is 0 Å². The Labute approximate surface area is 285 Å². The summed E-state index contributed by atoms with van der Waals surface area (Å²) in [5.41, 5.74) is 0. The summed E-state index contributed by atoms with van der Waals surface area (Å²) in [5, 5.41) is 0. The zero-order valence-corrected chi connectivity index (χ0v) is 31.6. The molecular weight excluding hydrogens is 620 g/mol. The predicted octanol–water partition coefficient (Wildman–Crippen LogP) is 8.06. The second-order valence-electron chi connectivity index (χ2n) is 13.9. The number of esters is 4. The third kappa shape index (κ3) is 20.9. The second-order valence-corrected chi connectivity index (χ2v) is 19.2. The second kappa shape index (κ2) is 25.1. The van der Waals surface area contributed by atoms with E-state index >= 15 is 0 Å². The minimum atomic E-state index is -1.59. The molecule has 0 saturated carbocycles. The summed E-state index contributed by atoms with van der Waals surface area (Å²) in [6.07, 6.45) is 15.9. The van der Waals surface area contributed by atoms with E-state index in [1.165, 1.54) is 136 Å². The van der Waals surface area contributed by atoms with Crippen LogP contribution >= 0.6 is 0 Å². The summed E-state index contributed by atoms with van der Waals surface area (Å²) in [6, 6.07) is 2.05. The van der Waals surface area contributed by atoms with Crippen LogP contribution in [0.5, 0.6) is 0 Å². The van der Waals surface area contributed by atoms with Gasteiger partial charge in [0.15, 0.2) is 24.6 Å². The van der Waals surface area contributed by atoms with Gasteiger partial charge in [0.25, 0.3) is 0 Å². The maximum Gasteiger partial charge on any atom is 0.303 e. The van der Waals surface area contributed by atoms with Gasteiger partial charge in [-0.3, -0.25) is 19.2 Å². The van der Waals surface area contributed by atoms with Crippen LogP contribution in [-0.2, 0) is 47.6 Å². The summed E-state index contributed by atoms with van der Waals surface area (Å²) >= 11 is 0. The maximum absolute atomic E-state index is 12.0. The lowest BCUT2D eigenvalue weighted by Gasteiger charge is -2.44. The van der Waals surface area contributed by atoms with Gasteiger partial charge in [0.05, 0.1) is 0 Å². The van der Waals surface area contributed by atoms with Crippen molar-refractivity contribution < 1.29 is 47.6 Å². The Kier molecular flexibility index (Phi) is 22.9. The standard InChI is InChI=1S/C36H66O10Si/c1-8-9-10-11-12-13-14-15-16-17-18-19-20-21-22-23-25-47(6,7)26-24-41-36-35(45-31(5)40)34(44-30(4)39)33(43-29(3)38)32(46-36)27-42-28(2)37/h32-36H,8-27H2,1-7H3. The van der Waals surface area contributed by atoms with Crippen LogP contribution in [0.3, 0.4) is 0 Å². The van der Waals surface area contributed by atoms with E-state index in [0.29, 0.717) is 6.61 Å². The first-order valence-corrected chi connectivity index (χ1v) is 21.7. The molecule has 47 heavy (non-hydrogen) atoms. The molecule has 10 nitrogen and oxygen atoms in total. The Balaban J connectivity index is 2.49. The minimum Gasteiger partial charge on any atom is -0.463 e. The van der Waals surface area contributed by atoms with Crippen molar-refractivity contribution in [2.75, 3.05) is 13.2 Å². The Morgan fingerprint density at radius 2 is 0.979 bits per heavy atom. The summed E-state index contributed by atoms with van der Waals surface area (Å²) < 4.78 is 33.7. The van der Waals surface area contributed by atoms with E-state index in [1.54, 1.807) is 0 Å². The smallest absolute Gasteiger partial charge is 0.303 e. The van der Waals surface area contributed by atoms with Gasteiger partial charge in [0, 0.05) is 42.4 Å². The zero-order chi connectivity index (χ0) is 35.1. The Morgan fingerprint density at radius 3 is 1.43 bits per heavy atom. The average molecular weight is 687 g/mol. The van der Waals surface area contributed by atoms with Crippen LogP contribution in [0.25, 0.3) is 0 Å². The lowest BCUT2D eigenvalue weighted by Crippen LogP contribution is -2.63. The zero-order valence-electron chi connectivity index (χ0n) is 30.6. The molecule has 5 atom stereocenters. The molecule has 0 aromatic heterocycles. The highest BCUT2D eigenvalue weighted by atomic mass is 28.3. The largest absolute Gasteiger partial charge is 0.463 e. The summed E-state index contributed by atoms with van der Waals surface area (Å²) in [7, 11) is -1.59. The molecule has 0 aromatic carbocycles. The highest BCUT2D eigenvalue weighted by molar-refractivity contribution is 6.77. The molecule has 0 N–H and O–H groups in total. The lowest BCUT2D eigenvalue weighted by molar-refractivity contribution is -0.307. The highest BCUT2D eigenvalue weighted by Gasteiger charge is 2.52. The van der Waals surface area contributed by atoms with Gasteiger partial charge in [-0.15, -0.1) is 0 Å². The summed E-state index contributed by atoms with van der Waals surface area (Å²) in [6.45, 7) is 11.9. The first-order valence-electron chi connectivity index (χ1n) is 18.3. The van der Waals surface area contributed by atoms with E-state index in [9.17, 15) is 19.2 Å². The van der Waals surface area contributed by atoms with Crippen LogP contribution < -0.4 is 0 Å². The lowest BCUT2D eigenvalue weighted by atomic mass is 9.98. The van der Waals surface area contributed by atoms with Crippen molar-refractivity contribution in [3.63, 3.8) is 0 Å². The van der Waals surface area contributed by atoms with Crippen LogP contribution in [0, 0.1) is 0 Å². The molecule has 1 saturated heterocycles. The van der Waals surface area contributed by atoms with Crippen molar-refractivity contribution in [1.82, 2.24) is 0 Å². The normalized spacial score (nSPS) is 21.2. The molecule has 0 spiro atoms. The number of carbonyl (C=O) groups excluding carboxylic acids is 4. The number of rotatable bonds is 26. The molecule has 1 aliphatic rings. The molecule has 11 heteroatoms. The number of ether oxygens (including phenoxy) is 6. The van der Waals surface area contributed by atoms with Gasteiger partial charge in [-0.05, 0) is 6.04 Å². The fraction of sp³-hybridized carbons (Fsp3) is 0.889. The Morgan fingerprint density at radius 1 is 0.553 bits per heavy atom. The van der Waals surface area contributed by atoms with Crippen molar-refractivity contribution >= 4 is 32.0 Å². The van der Waals surface area contributed by atoms with Crippen LogP contribution in [0.15, 0.2) is 0 Å². The molecule has 1 rings (SSSR count). The fourth-order valence-electron chi connectivity index (χ4n) is 6.05. The molecule has 1 aliphatic heterocycles. The van der Waals surface area contributed by atoms with Gasteiger partial charge in [-0.1, -0.05) is 129 Å². The fourth-order valence-corrected chi connectivity index (χ4v) is 8.18. The van der Waals surface area contributed by atoms with Gasteiger partial charge >= 0.3 is 23.9 Å². The van der Waals surface area contributed by atoms with Crippen molar-refractivity contribution in [2.24, 2.45) is 0 Å². The van der Waals surface area contributed by atoms with E-state index in [-0.39, 0.29) is 6.61 Å². The van der Waals surface area contributed by atoms with Gasteiger partial charge in [-0.25, -0.2) is 0 Å². The first kappa shape index (κ1) is 43.0. The third-order valence-electron chi connectivity index (χ3n) is 8.72.